The zero-order valence-electron chi connectivity index (χ0n) is 7.93. The van der Waals surface area contributed by atoms with Crippen LogP contribution in [-0.4, -0.2) is 15.2 Å². The Balaban J connectivity index is 0.000000396. The van der Waals surface area contributed by atoms with Crippen molar-refractivity contribution >= 4 is 22.6 Å². The topological polar surface area (TPSA) is 41.6 Å². The van der Waals surface area contributed by atoms with E-state index in [4.69, 9.17) is 11.6 Å². The third-order valence-corrected chi connectivity index (χ3v) is 1.75. The molecule has 0 unspecified atom stereocenters. The lowest BCUT2D eigenvalue weighted by Gasteiger charge is -1.88. The fraction of sp³-hybridized carbons (Fsp3) is 0.333. The smallest absolute Gasteiger partial charge is 0.129 e. The Morgan fingerprint density at radius 3 is 2.69 bits per heavy atom. The van der Waals surface area contributed by atoms with Crippen molar-refractivity contribution in [3.05, 3.63) is 23.0 Å². The minimum atomic E-state index is 0.502. The van der Waals surface area contributed by atoms with E-state index in [1.165, 1.54) is 0 Å². The minimum Gasteiger partial charge on any atom is -0.280 e. The van der Waals surface area contributed by atoms with Crippen molar-refractivity contribution in [2.75, 3.05) is 0 Å². The molecule has 0 spiro atoms. The molecule has 0 aliphatic carbocycles. The number of pyridine rings is 1. The summed E-state index contributed by atoms with van der Waals surface area (Å²) in [5, 5.41) is 7.35. The quantitative estimate of drug-likeness (QED) is 0.660. The number of halogens is 1. The van der Waals surface area contributed by atoms with E-state index in [9.17, 15) is 0 Å². The molecule has 2 rings (SSSR count). The average Bonchev–Trinajstić information content (AvgIpc) is 2.52. The highest BCUT2D eigenvalue weighted by Crippen LogP contribution is 2.14. The van der Waals surface area contributed by atoms with E-state index in [2.05, 4.69) is 15.2 Å². The highest BCUT2D eigenvalue weighted by atomic mass is 35.5. The lowest BCUT2D eigenvalue weighted by molar-refractivity contribution is 1.07. The second-order valence-electron chi connectivity index (χ2n) is 2.35. The van der Waals surface area contributed by atoms with Crippen molar-refractivity contribution in [1.82, 2.24) is 15.2 Å². The van der Waals surface area contributed by atoms with Crippen LogP contribution in [0.2, 0.25) is 5.15 Å². The van der Waals surface area contributed by atoms with Crippen LogP contribution in [0.1, 0.15) is 19.5 Å². The number of nitrogens with one attached hydrogen (secondary N) is 1. The molecule has 3 nitrogen and oxygen atoms in total. The summed E-state index contributed by atoms with van der Waals surface area (Å²) in [5.74, 6) is 0. The molecule has 0 saturated carbocycles. The molecule has 0 radical (unpaired) electrons. The maximum atomic E-state index is 5.69. The molecule has 0 aliphatic heterocycles. The lowest BCUT2D eigenvalue weighted by Crippen LogP contribution is -1.76. The number of rotatable bonds is 0. The van der Waals surface area contributed by atoms with Crippen LogP contribution in [-0.2, 0) is 0 Å². The summed E-state index contributed by atoms with van der Waals surface area (Å²) in [5.41, 5.74) is 2.65. The summed E-state index contributed by atoms with van der Waals surface area (Å²) in [6, 6.07) is 3.57. The van der Waals surface area contributed by atoms with Gasteiger partial charge in [0, 0.05) is 0 Å². The molecule has 0 aromatic carbocycles. The second-order valence-corrected chi connectivity index (χ2v) is 2.74. The maximum Gasteiger partial charge on any atom is 0.129 e. The van der Waals surface area contributed by atoms with Gasteiger partial charge in [0.2, 0.25) is 0 Å². The number of H-pyrrole nitrogens is 1. The zero-order valence-corrected chi connectivity index (χ0v) is 8.68. The van der Waals surface area contributed by atoms with Crippen molar-refractivity contribution in [2.45, 2.75) is 20.8 Å². The number of nitrogens with zero attached hydrogens (tertiary/aromatic N) is 2. The molecule has 2 heterocycles. The van der Waals surface area contributed by atoms with Crippen LogP contribution in [0.15, 0.2) is 12.1 Å². The number of hydrogen-bond donors (Lipinski definition) is 1. The van der Waals surface area contributed by atoms with Gasteiger partial charge in [-0.25, -0.2) is 4.98 Å². The van der Waals surface area contributed by atoms with Gasteiger partial charge in [-0.1, -0.05) is 25.4 Å². The van der Waals surface area contributed by atoms with Gasteiger partial charge >= 0.3 is 0 Å². The Kier molecular flexibility index (Phi) is 3.25. The Morgan fingerprint density at radius 1 is 1.31 bits per heavy atom. The summed E-state index contributed by atoms with van der Waals surface area (Å²) in [6.07, 6.45) is 0. The van der Waals surface area contributed by atoms with Crippen LogP contribution in [0.5, 0.6) is 0 Å². The standard InChI is InChI=1S/C7H6ClN3.C2H6/c1-4-7-5(11-10-4)2-3-6(8)9-7;1-2/h2-3H,1H3,(H,10,11);1-2H3. The van der Waals surface area contributed by atoms with Crippen molar-refractivity contribution < 1.29 is 0 Å². The van der Waals surface area contributed by atoms with Crippen LogP contribution in [0.25, 0.3) is 11.0 Å². The first-order valence-corrected chi connectivity index (χ1v) is 4.62. The summed E-state index contributed by atoms with van der Waals surface area (Å²) >= 11 is 5.69. The average molecular weight is 198 g/mol. The maximum absolute atomic E-state index is 5.69. The van der Waals surface area contributed by atoms with Crippen molar-refractivity contribution in [2.24, 2.45) is 0 Å². The molecule has 0 bridgehead atoms. The van der Waals surface area contributed by atoms with Gasteiger partial charge in [-0.2, -0.15) is 5.10 Å². The molecule has 0 amide bonds. The molecule has 0 atom stereocenters. The Hall–Kier alpha value is -1.09. The first-order chi connectivity index (χ1) is 6.27. The third kappa shape index (κ3) is 1.98. The van der Waals surface area contributed by atoms with Gasteiger partial charge in [0.1, 0.15) is 16.2 Å². The first-order valence-electron chi connectivity index (χ1n) is 4.24. The summed E-state index contributed by atoms with van der Waals surface area (Å²) < 4.78 is 0. The molecular weight excluding hydrogens is 186 g/mol. The van der Waals surface area contributed by atoms with E-state index in [1.807, 2.05) is 26.8 Å². The van der Waals surface area contributed by atoms with E-state index >= 15 is 0 Å². The van der Waals surface area contributed by atoms with E-state index in [0.29, 0.717) is 5.15 Å². The monoisotopic (exact) mass is 197 g/mol. The first kappa shape index (κ1) is 9.99. The normalized spacial score (nSPS) is 9.54. The predicted octanol–water partition coefficient (Wildman–Crippen LogP) is 2.95. The highest BCUT2D eigenvalue weighted by Gasteiger charge is 2.01. The highest BCUT2D eigenvalue weighted by molar-refractivity contribution is 6.29. The molecule has 0 fully saturated rings. The largest absolute Gasteiger partial charge is 0.280 e. The van der Waals surface area contributed by atoms with Gasteiger partial charge < -0.3 is 0 Å². The number of aromatic nitrogens is 3. The van der Waals surface area contributed by atoms with E-state index < -0.39 is 0 Å². The van der Waals surface area contributed by atoms with Gasteiger partial charge in [-0.3, -0.25) is 5.10 Å². The Bertz CT molecular complexity index is 395. The second kappa shape index (κ2) is 4.23. The van der Waals surface area contributed by atoms with E-state index in [1.54, 1.807) is 6.07 Å². The van der Waals surface area contributed by atoms with Gasteiger partial charge in [-0.05, 0) is 19.1 Å². The van der Waals surface area contributed by atoms with Crippen LogP contribution in [0, 0.1) is 6.92 Å². The van der Waals surface area contributed by atoms with Gasteiger partial charge in [0.05, 0.1) is 5.69 Å². The molecule has 13 heavy (non-hydrogen) atoms. The van der Waals surface area contributed by atoms with Crippen molar-refractivity contribution in [3.63, 3.8) is 0 Å². The third-order valence-electron chi connectivity index (χ3n) is 1.54. The van der Waals surface area contributed by atoms with Crippen molar-refractivity contribution in [3.8, 4) is 0 Å². The fourth-order valence-electron chi connectivity index (χ4n) is 0.991. The Morgan fingerprint density at radius 2 is 2.00 bits per heavy atom. The number of hydrogen-bond acceptors (Lipinski definition) is 2. The van der Waals surface area contributed by atoms with E-state index in [0.717, 1.165) is 16.7 Å². The lowest BCUT2D eigenvalue weighted by atomic mass is 10.3. The Labute approximate surface area is 82.1 Å². The van der Waals surface area contributed by atoms with Crippen LogP contribution >= 0.6 is 11.6 Å². The van der Waals surface area contributed by atoms with Gasteiger partial charge in [0.25, 0.3) is 0 Å². The van der Waals surface area contributed by atoms with E-state index in [-0.39, 0.29) is 0 Å². The predicted molar refractivity (Wildman–Crippen MR) is 55.0 cm³/mol. The molecule has 2 aromatic heterocycles. The molecule has 0 aliphatic rings. The molecular formula is C9H12ClN3. The molecule has 0 saturated heterocycles. The van der Waals surface area contributed by atoms with Crippen LogP contribution in [0.4, 0.5) is 0 Å². The molecule has 2 aromatic rings. The summed E-state index contributed by atoms with van der Waals surface area (Å²) in [6.45, 7) is 5.92. The molecule has 4 heteroatoms. The SMILES string of the molecule is CC.Cc1[nH]nc2ccc(Cl)nc12. The van der Waals surface area contributed by atoms with Gasteiger partial charge in [-0.15, -0.1) is 0 Å². The number of aryl methyl sites for hydroxylation is 1. The summed E-state index contributed by atoms with van der Waals surface area (Å²) in [7, 11) is 0. The zero-order chi connectivity index (χ0) is 9.84. The fourth-order valence-corrected chi connectivity index (χ4v) is 1.14. The number of fused-ring (bicyclic) bond motifs is 1. The van der Waals surface area contributed by atoms with Gasteiger partial charge in [0.15, 0.2) is 0 Å². The number of aromatic amines is 1. The van der Waals surface area contributed by atoms with Crippen LogP contribution in [0.3, 0.4) is 0 Å². The van der Waals surface area contributed by atoms with Crippen molar-refractivity contribution in [1.29, 1.82) is 0 Å². The molecule has 70 valence electrons. The molecule has 1 N–H and O–H groups in total. The minimum absolute atomic E-state index is 0.502. The van der Waals surface area contributed by atoms with Crippen LogP contribution < -0.4 is 0 Å². The summed E-state index contributed by atoms with van der Waals surface area (Å²) in [4.78, 5) is 4.11.